The first-order valence-electron chi connectivity index (χ1n) is 11.3. The Morgan fingerprint density at radius 3 is 2.51 bits per heavy atom. The molecule has 0 fully saturated rings. The molecule has 1 heterocycles. The van der Waals surface area contributed by atoms with Crippen molar-refractivity contribution in [3.8, 4) is 23.3 Å². The minimum Gasteiger partial charge on any atom is -0.493 e. The number of Topliss-reactive ketones (excluding diaryl/α,β-unsaturated/α-hetero) is 1. The first kappa shape index (κ1) is 24.5. The van der Waals surface area contributed by atoms with Crippen molar-refractivity contribution in [2.24, 2.45) is 11.1 Å². The van der Waals surface area contributed by atoms with Crippen LogP contribution in [0.15, 0.2) is 65.3 Å². The second-order valence-corrected chi connectivity index (χ2v) is 9.65. The van der Waals surface area contributed by atoms with Gasteiger partial charge in [-0.3, -0.25) is 4.79 Å². The van der Waals surface area contributed by atoms with Crippen LogP contribution in [0.1, 0.15) is 38.2 Å². The van der Waals surface area contributed by atoms with E-state index in [-0.39, 0.29) is 35.9 Å². The Morgan fingerprint density at radius 1 is 1.11 bits per heavy atom. The van der Waals surface area contributed by atoms with Gasteiger partial charge in [0.1, 0.15) is 36.4 Å². The highest BCUT2D eigenvalue weighted by molar-refractivity contribution is 6.32. The molecule has 4 rings (SSSR count). The van der Waals surface area contributed by atoms with E-state index < -0.39 is 5.92 Å². The molecular weight excluding hydrogens is 468 g/mol. The van der Waals surface area contributed by atoms with Crippen LogP contribution in [0.3, 0.4) is 0 Å². The summed E-state index contributed by atoms with van der Waals surface area (Å²) in [6.45, 7) is 4.57. The summed E-state index contributed by atoms with van der Waals surface area (Å²) < 4.78 is 22.8. The molecule has 1 aliphatic heterocycles. The molecule has 0 saturated carbocycles. The summed E-state index contributed by atoms with van der Waals surface area (Å²) >= 11 is 6.11. The van der Waals surface area contributed by atoms with Gasteiger partial charge in [-0.15, -0.1) is 0 Å². The predicted octanol–water partition coefficient (Wildman–Crippen LogP) is 5.26. The predicted molar refractivity (Wildman–Crippen MR) is 131 cm³/mol. The molecule has 1 aliphatic carbocycles. The van der Waals surface area contributed by atoms with Crippen molar-refractivity contribution in [3.05, 3.63) is 75.8 Å². The van der Waals surface area contributed by atoms with Crippen molar-refractivity contribution in [2.75, 3.05) is 20.3 Å². The molecule has 0 bridgehead atoms. The van der Waals surface area contributed by atoms with Crippen molar-refractivity contribution < 1.29 is 23.7 Å². The summed E-state index contributed by atoms with van der Waals surface area (Å²) in [6, 6.07) is 14.7. The number of nitrogens with two attached hydrogens (primary N) is 1. The van der Waals surface area contributed by atoms with E-state index in [9.17, 15) is 10.1 Å². The molecular formula is C27H27ClN2O5. The fourth-order valence-electron chi connectivity index (χ4n) is 4.47. The fourth-order valence-corrected chi connectivity index (χ4v) is 4.66. The van der Waals surface area contributed by atoms with E-state index in [0.29, 0.717) is 52.0 Å². The second kappa shape index (κ2) is 9.93. The number of ketones is 1. The maximum atomic E-state index is 13.1. The number of carbonyl (C=O) groups is 1. The van der Waals surface area contributed by atoms with Crippen LogP contribution < -0.4 is 19.9 Å². The molecule has 7 nitrogen and oxygen atoms in total. The zero-order chi connectivity index (χ0) is 25.2. The Hall–Kier alpha value is -3.63. The number of hydrogen-bond donors (Lipinski definition) is 1. The van der Waals surface area contributed by atoms with Gasteiger partial charge in [0.2, 0.25) is 5.88 Å². The van der Waals surface area contributed by atoms with Crippen LogP contribution >= 0.6 is 11.6 Å². The third-order valence-corrected chi connectivity index (χ3v) is 6.34. The van der Waals surface area contributed by atoms with Gasteiger partial charge in [0.25, 0.3) is 0 Å². The van der Waals surface area contributed by atoms with Gasteiger partial charge >= 0.3 is 0 Å². The standard InChI is InChI=1S/C27H27ClN2O5/c1-27(2)13-19(31)25-23(14-27)35-26(30)17(15-29)24(25)16-8-9-21(22(12-16)32-3)34-11-10-33-20-7-5-4-6-18(20)28/h4-9,12,24H,10-11,13-14,30H2,1-3H3. The van der Waals surface area contributed by atoms with Gasteiger partial charge in [0.05, 0.1) is 18.1 Å². The van der Waals surface area contributed by atoms with E-state index in [1.54, 1.807) is 24.3 Å². The van der Waals surface area contributed by atoms with Crippen LogP contribution in [-0.2, 0) is 9.53 Å². The number of benzene rings is 2. The van der Waals surface area contributed by atoms with Gasteiger partial charge in [-0.1, -0.05) is 43.6 Å². The minimum atomic E-state index is -0.626. The van der Waals surface area contributed by atoms with Gasteiger partial charge in [-0.05, 0) is 35.2 Å². The smallest absolute Gasteiger partial charge is 0.205 e. The van der Waals surface area contributed by atoms with Crippen LogP contribution in [0.5, 0.6) is 17.2 Å². The molecule has 1 unspecified atom stereocenters. The third kappa shape index (κ3) is 5.08. The van der Waals surface area contributed by atoms with Crippen molar-refractivity contribution in [2.45, 2.75) is 32.6 Å². The lowest BCUT2D eigenvalue weighted by Gasteiger charge is -2.37. The third-order valence-electron chi connectivity index (χ3n) is 6.03. The first-order valence-corrected chi connectivity index (χ1v) is 11.6. The molecule has 8 heteroatoms. The van der Waals surface area contributed by atoms with Crippen LogP contribution in [0, 0.1) is 16.7 Å². The average Bonchev–Trinajstić information content (AvgIpc) is 2.81. The lowest BCUT2D eigenvalue weighted by molar-refractivity contribution is -0.119. The van der Waals surface area contributed by atoms with E-state index in [1.807, 2.05) is 32.0 Å². The number of ether oxygens (including phenoxy) is 4. The molecule has 2 aromatic rings. The molecule has 0 spiro atoms. The summed E-state index contributed by atoms with van der Waals surface area (Å²) in [5.41, 5.74) is 7.26. The van der Waals surface area contributed by atoms with Gasteiger partial charge in [0, 0.05) is 18.4 Å². The summed E-state index contributed by atoms with van der Waals surface area (Å²) in [4.78, 5) is 13.1. The lowest BCUT2D eigenvalue weighted by atomic mass is 9.70. The van der Waals surface area contributed by atoms with Crippen molar-refractivity contribution in [1.82, 2.24) is 0 Å². The van der Waals surface area contributed by atoms with Crippen molar-refractivity contribution >= 4 is 17.4 Å². The number of nitrogens with zero attached hydrogens (tertiary/aromatic N) is 1. The van der Waals surface area contributed by atoms with Gasteiger partial charge in [-0.25, -0.2) is 0 Å². The summed E-state index contributed by atoms with van der Waals surface area (Å²) in [5.74, 6) is 1.44. The molecule has 182 valence electrons. The molecule has 2 aliphatic rings. The van der Waals surface area contributed by atoms with Crippen molar-refractivity contribution in [3.63, 3.8) is 0 Å². The van der Waals surface area contributed by atoms with Crippen LogP contribution in [0.2, 0.25) is 5.02 Å². The molecule has 0 aromatic heterocycles. The van der Waals surface area contributed by atoms with Gasteiger partial charge in [-0.2, -0.15) is 5.26 Å². The molecule has 2 aromatic carbocycles. The molecule has 0 radical (unpaired) electrons. The maximum absolute atomic E-state index is 13.1. The van der Waals surface area contributed by atoms with Gasteiger partial charge in [0.15, 0.2) is 17.3 Å². The molecule has 0 saturated heterocycles. The largest absolute Gasteiger partial charge is 0.493 e. The first-order chi connectivity index (χ1) is 16.7. The van der Waals surface area contributed by atoms with E-state index in [1.165, 1.54) is 7.11 Å². The molecule has 0 amide bonds. The number of nitriles is 1. The summed E-state index contributed by atoms with van der Waals surface area (Å²) in [6.07, 6.45) is 0.932. The summed E-state index contributed by atoms with van der Waals surface area (Å²) in [7, 11) is 1.53. The minimum absolute atomic E-state index is 0.0257. The monoisotopic (exact) mass is 494 g/mol. The number of allylic oxidation sites excluding steroid dienone is 3. The number of methoxy groups -OCH3 is 1. The number of hydrogen-bond acceptors (Lipinski definition) is 7. The Labute approximate surface area is 209 Å². The van der Waals surface area contributed by atoms with Crippen LogP contribution in [0.4, 0.5) is 0 Å². The topological polar surface area (TPSA) is 104 Å². The number of carbonyl (C=O) groups excluding carboxylic acids is 1. The Bertz CT molecular complexity index is 1260. The second-order valence-electron chi connectivity index (χ2n) is 9.24. The van der Waals surface area contributed by atoms with E-state index in [4.69, 9.17) is 36.3 Å². The fraction of sp³-hybridized carbons (Fsp3) is 0.333. The van der Waals surface area contributed by atoms with E-state index in [2.05, 4.69) is 6.07 Å². The Morgan fingerprint density at radius 2 is 1.83 bits per heavy atom. The zero-order valence-electron chi connectivity index (χ0n) is 19.9. The maximum Gasteiger partial charge on any atom is 0.205 e. The van der Waals surface area contributed by atoms with E-state index >= 15 is 0 Å². The van der Waals surface area contributed by atoms with Crippen molar-refractivity contribution in [1.29, 1.82) is 5.26 Å². The number of halogens is 1. The Kier molecular flexibility index (Phi) is 6.95. The quantitative estimate of drug-likeness (QED) is 0.523. The highest BCUT2D eigenvalue weighted by Crippen LogP contribution is 2.48. The van der Waals surface area contributed by atoms with E-state index in [0.717, 1.165) is 0 Å². The Balaban J connectivity index is 1.57. The average molecular weight is 495 g/mol. The highest BCUT2D eigenvalue weighted by Gasteiger charge is 2.43. The summed E-state index contributed by atoms with van der Waals surface area (Å²) in [5, 5.41) is 10.4. The lowest BCUT2D eigenvalue weighted by Crippen LogP contribution is -2.33. The van der Waals surface area contributed by atoms with Crippen LogP contribution in [0.25, 0.3) is 0 Å². The number of rotatable bonds is 7. The van der Waals surface area contributed by atoms with Crippen LogP contribution in [-0.4, -0.2) is 26.1 Å². The molecule has 35 heavy (non-hydrogen) atoms. The zero-order valence-corrected chi connectivity index (χ0v) is 20.6. The molecule has 2 N–H and O–H groups in total. The van der Waals surface area contributed by atoms with Gasteiger partial charge < -0.3 is 24.7 Å². The molecule has 1 atom stereocenters. The SMILES string of the molecule is COc1cc(C2C(C#N)=C(N)OC3=C2C(=O)CC(C)(C)C3)ccc1OCCOc1ccccc1Cl. The highest BCUT2D eigenvalue weighted by atomic mass is 35.5. The normalized spacial score (nSPS) is 18.9. The number of para-hydroxylation sites is 1.